The molecule has 3 rings (SSSR count). The van der Waals surface area contributed by atoms with Gasteiger partial charge in [0.05, 0.1) is 36.6 Å². The maximum atomic E-state index is 13.0. The molecule has 12 heteroatoms. The van der Waals surface area contributed by atoms with Crippen LogP contribution in [0.3, 0.4) is 0 Å². The molecule has 1 aliphatic heterocycles. The zero-order chi connectivity index (χ0) is 28.9. The number of nitrogens with one attached hydrogen (secondary N) is 1. The van der Waals surface area contributed by atoms with Crippen LogP contribution in [0.2, 0.25) is 0 Å². The molecule has 1 heterocycles. The lowest BCUT2D eigenvalue weighted by molar-refractivity contribution is -0.139. The van der Waals surface area contributed by atoms with Gasteiger partial charge in [0, 0.05) is 12.5 Å². The molecule has 208 valence electrons. The van der Waals surface area contributed by atoms with Crippen LogP contribution in [-0.2, 0) is 33.3 Å². The molecule has 0 saturated heterocycles. The minimum Gasteiger partial charge on any atom is -0.462 e. The van der Waals surface area contributed by atoms with Crippen molar-refractivity contribution < 1.29 is 38.1 Å². The molecule has 0 aromatic heterocycles. The first kappa shape index (κ1) is 29.5. The highest BCUT2D eigenvalue weighted by atomic mass is 16.5. The molecule has 0 radical (unpaired) electrons. The smallest absolute Gasteiger partial charge is 0.399 e. The van der Waals surface area contributed by atoms with Crippen molar-refractivity contribution >= 4 is 41.5 Å². The highest BCUT2D eigenvalue weighted by Gasteiger charge is 2.36. The molecule has 0 spiro atoms. The SMILES string of the molecule is C=CCOC(=O)c1ccccc1N1N=C(C(=O)OCC)CC1COC(=O)C1=C(NN=CC(=O)OCC)C=C[C+]=C1. The molecule has 12 nitrogen and oxygen atoms in total. The first-order valence-corrected chi connectivity index (χ1v) is 12.4. The summed E-state index contributed by atoms with van der Waals surface area (Å²) in [7, 11) is 0. The van der Waals surface area contributed by atoms with Gasteiger partial charge in [-0.25, -0.2) is 19.2 Å². The third-order valence-corrected chi connectivity index (χ3v) is 5.35. The summed E-state index contributed by atoms with van der Waals surface area (Å²) >= 11 is 0. The highest BCUT2D eigenvalue weighted by Crippen LogP contribution is 2.29. The highest BCUT2D eigenvalue weighted by molar-refractivity contribution is 6.37. The van der Waals surface area contributed by atoms with Crippen LogP contribution in [0.15, 0.2) is 76.6 Å². The van der Waals surface area contributed by atoms with E-state index < -0.39 is 29.9 Å². The number of benzene rings is 1. The second-order valence-corrected chi connectivity index (χ2v) is 8.07. The Hall–Kier alpha value is -5.09. The average Bonchev–Trinajstić information content (AvgIpc) is 3.39. The largest absolute Gasteiger partial charge is 0.462 e. The number of para-hydroxylation sites is 1. The third kappa shape index (κ3) is 7.71. The van der Waals surface area contributed by atoms with Crippen molar-refractivity contribution in [2.75, 3.05) is 31.4 Å². The molecule has 1 N–H and O–H groups in total. The molecule has 1 aliphatic carbocycles. The van der Waals surface area contributed by atoms with Gasteiger partial charge in [-0.3, -0.25) is 10.4 Å². The summed E-state index contributed by atoms with van der Waals surface area (Å²) in [6, 6.07) is 5.94. The Balaban J connectivity index is 1.81. The number of carbonyl (C=O) groups is 4. The van der Waals surface area contributed by atoms with E-state index in [1.165, 1.54) is 23.2 Å². The fourth-order valence-corrected chi connectivity index (χ4v) is 3.62. The van der Waals surface area contributed by atoms with Gasteiger partial charge < -0.3 is 18.9 Å². The standard InChI is InChI=1S/C28H28N4O8/c1-4-15-39-27(35)21-12-8-10-14-24(21)32-19(16-23(31-32)28(36)38-6-3)18-40-26(34)20-11-7-9-13-22(20)30-29-17-25(33)37-5-2/h4,8-14,17,19H,1,5-6,15-16,18H2,2-3H3/p+1. The maximum absolute atomic E-state index is 13.0. The number of hydrogen-bond donors (Lipinski definition) is 1. The van der Waals surface area contributed by atoms with Gasteiger partial charge >= 0.3 is 23.9 Å². The summed E-state index contributed by atoms with van der Waals surface area (Å²) in [4.78, 5) is 49.7. The van der Waals surface area contributed by atoms with Gasteiger partial charge in [0.1, 0.15) is 37.3 Å². The fourth-order valence-electron chi connectivity index (χ4n) is 3.62. The first-order chi connectivity index (χ1) is 19.4. The summed E-state index contributed by atoms with van der Waals surface area (Å²) in [5, 5.41) is 9.63. The number of allylic oxidation sites excluding steroid dienone is 3. The van der Waals surface area contributed by atoms with Crippen molar-refractivity contribution in [2.24, 2.45) is 10.2 Å². The molecule has 1 atom stereocenters. The molecular formula is C28H29N4O8+. The molecule has 0 saturated carbocycles. The van der Waals surface area contributed by atoms with Crippen LogP contribution >= 0.6 is 0 Å². The first-order valence-electron chi connectivity index (χ1n) is 12.4. The predicted octanol–water partition coefficient (Wildman–Crippen LogP) is 2.39. The van der Waals surface area contributed by atoms with E-state index in [0.717, 1.165) is 6.21 Å². The van der Waals surface area contributed by atoms with Gasteiger partial charge in [-0.05, 0) is 26.0 Å². The second kappa shape index (κ2) is 14.7. The predicted molar refractivity (Wildman–Crippen MR) is 145 cm³/mol. The van der Waals surface area contributed by atoms with Crippen molar-refractivity contribution in [1.29, 1.82) is 0 Å². The zero-order valence-electron chi connectivity index (χ0n) is 22.1. The Morgan fingerprint density at radius 2 is 1.88 bits per heavy atom. The number of nitrogens with zero attached hydrogens (tertiary/aromatic N) is 3. The number of hydrazone groups is 2. The normalized spacial score (nSPS) is 15.8. The van der Waals surface area contributed by atoms with Crippen molar-refractivity contribution in [3.05, 3.63) is 78.1 Å². The van der Waals surface area contributed by atoms with E-state index in [1.807, 2.05) is 0 Å². The van der Waals surface area contributed by atoms with E-state index in [4.69, 9.17) is 18.9 Å². The maximum Gasteiger partial charge on any atom is 0.399 e. The lowest BCUT2D eigenvalue weighted by Crippen LogP contribution is -2.34. The minimum absolute atomic E-state index is 0.0137. The number of esters is 4. The number of ether oxygens (including phenoxy) is 4. The average molecular weight is 550 g/mol. The molecule has 40 heavy (non-hydrogen) atoms. The van der Waals surface area contributed by atoms with E-state index in [1.54, 1.807) is 44.2 Å². The molecule has 1 aromatic rings. The summed E-state index contributed by atoms with van der Waals surface area (Å²) in [6.07, 6.45) is 9.78. The summed E-state index contributed by atoms with van der Waals surface area (Å²) in [5.41, 5.74) is 3.67. The Morgan fingerprint density at radius 3 is 2.62 bits per heavy atom. The molecule has 2 aliphatic rings. The quantitative estimate of drug-likeness (QED) is 0.0972. The van der Waals surface area contributed by atoms with Gasteiger partial charge in [0.25, 0.3) is 0 Å². The third-order valence-electron chi connectivity index (χ3n) is 5.35. The molecule has 0 bridgehead atoms. The van der Waals surface area contributed by atoms with Crippen LogP contribution in [0.25, 0.3) is 0 Å². The summed E-state index contributed by atoms with van der Waals surface area (Å²) in [5.74, 6) is -2.58. The van der Waals surface area contributed by atoms with E-state index in [-0.39, 0.29) is 55.4 Å². The Kier molecular flexibility index (Phi) is 10.9. The van der Waals surface area contributed by atoms with Gasteiger partial charge in [-0.15, -0.1) is 0 Å². The van der Waals surface area contributed by atoms with Crippen LogP contribution in [0.4, 0.5) is 5.69 Å². The Bertz CT molecular complexity index is 1290. The molecular weight excluding hydrogens is 520 g/mol. The Morgan fingerprint density at radius 1 is 1.10 bits per heavy atom. The van der Waals surface area contributed by atoms with E-state index in [9.17, 15) is 19.2 Å². The van der Waals surface area contributed by atoms with Gasteiger partial charge in [0.2, 0.25) is 0 Å². The summed E-state index contributed by atoms with van der Waals surface area (Å²) < 4.78 is 20.7. The summed E-state index contributed by atoms with van der Waals surface area (Å²) in [6.45, 7) is 7.06. The second-order valence-electron chi connectivity index (χ2n) is 8.07. The van der Waals surface area contributed by atoms with E-state index in [0.29, 0.717) is 5.69 Å². The van der Waals surface area contributed by atoms with Crippen molar-refractivity contribution in [3.8, 4) is 0 Å². The molecule has 1 aromatic carbocycles. The number of hydrogen-bond acceptors (Lipinski definition) is 12. The van der Waals surface area contributed by atoms with Crippen LogP contribution in [0, 0.1) is 6.08 Å². The van der Waals surface area contributed by atoms with Gasteiger partial charge in [-0.2, -0.15) is 10.2 Å². The molecule has 0 amide bonds. The van der Waals surface area contributed by atoms with Gasteiger partial charge in [-0.1, -0.05) is 24.8 Å². The number of carbonyl (C=O) groups excluding carboxylic acids is 4. The van der Waals surface area contributed by atoms with Crippen molar-refractivity contribution in [1.82, 2.24) is 5.43 Å². The van der Waals surface area contributed by atoms with Crippen LogP contribution in [0.5, 0.6) is 0 Å². The van der Waals surface area contributed by atoms with Crippen LogP contribution in [-0.4, -0.2) is 68.3 Å². The van der Waals surface area contributed by atoms with Crippen LogP contribution in [0.1, 0.15) is 30.6 Å². The monoisotopic (exact) mass is 549 g/mol. The van der Waals surface area contributed by atoms with E-state index >= 15 is 0 Å². The minimum atomic E-state index is -0.714. The topological polar surface area (TPSA) is 145 Å². The molecule has 0 fully saturated rings. The lowest BCUT2D eigenvalue weighted by Gasteiger charge is -2.24. The number of anilines is 1. The number of rotatable bonds is 13. The van der Waals surface area contributed by atoms with E-state index in [2.05, 4.69) is 28.3 Å². The lowest BCUT2D eigenvalue weighted by atomic mass is 10.1. The zero-order valence-corrected chi connectivity index (χ0v) is 22.1. The van der Waals surface area contributed by atoms with Crippen molar-refractivity contribution in [3.63, 3.8) is 0 Å². The van der Waals surface area contributed by atoms with Crippen LogP contribution < -0.4 is 10.4 Å². The van der Waals surface area contributed by atoms with Crippen molar-refractivity contribution in [2.45, 2.75) is 26.3 Å². The van der Waals surface area contributed by atoms with Gasteiger partial charge in [0.15, 0.2) is 11.3 Å². The Labute approximate surface area is 231 Å². The fraction of sp³-hybridized carbons (Fsp3) is 0.286. The molecule has 1 unspecified atom stereocenters.